The molecular weight excluding hydrogens is 288 g/mol. The molecule has 0 spiro atoms. The number of nitrogens with two attached hydrogens (primary N) is 1. The van der Waals surface area contributed by atoms with Crippen LogP contribution in [0.5, 0.6) is 5.75 Å². The van der Waals surface area contributed by atoms with Gasteiger partial charge < -0.3 is 15.4 Å². The lowest BCUT2D eigenvalue weighted by atomic mass is 10.1. The average Bonchev–Trinajstić information content (AvgIpc) is 3.15. The van der Waals surface area contributed by atoms with E-state index in [1.807, 2.05) is 12.1 Å². The van der Waals surface area contributed by atoms with Crippen molar-refractivity contribution in [2.75, 3.05) is 5.73 Å². The van der Waals surface area contributed by atoms with Crippen LogP contribution in [0.2, 0.25) is 0 Å². The molecular formula is C18H22N4O. The molecule has 2 heterocycles. The molecule has 5 nitrogen and oxygen atoms in total. The van der Waals surface area contributed by atoms with Crippen LogP contribution >= 0.6 is 0 Å². The van der Waals surface area contributed by atoms with Crippen molar-refractivity contribution in [2.45, 2.75) is 39.2 Å². The molecule has 1 aliphatic rings. The topological polar surface area (TPSA) is 77.0 Å². The van der Waals surface area contributed by atoms with Gasteiger partial charge in [-0.2, -0.15) is 0 Å². The molecule has 0 radical (unpaired) electrons. The van der Waals surface area contributed by atoms with E-state index in [1.165, 1.54) is 32.0 Å². The van der Waals surface area contributed by atoms with E-state index in [4.69, 9.17) is 5.73 Å². The predicted molar refractivity (Wildman–Crippen MR) is 93.3 cm³/mol. The maximum atomic E-state index is 9.76. The van der Waals surface area contributed by atoms with Crippen LogP contribution in [0.25, 0.3) is 22.2 Å². The second kappa shape index (κ2) is 5.91. The number of hydrogen-bond acceptors (Lipinski definition) is 4. The predicted octanol–water partition coefficient (Wildman–Crippen LogP) is 4.14. The second-order valence-electron chi connectivity index (χ2n) is 5.90. The molecule has 5 heteroatoms. The van der Waals surface area contributed by atoms with Crippen molar-refractivity contribution in [1.29, 1.82) is 0 Å². The Labute approximate surface area is 135 Å². The Kier molecular flexibility index (Phi) is 3.94. The Bertz CT molecular complexity index is 834. The van der Waals surface area contributed by atoms with E-state index in [1.54, 1.807) is 12.1 Å². The normalized spacial score (nSPS) is 15.0. The third kappa shape index (κ3) is 2.52. The molecule has 0 saturated heterocycles. The highest BCUT2D eigenvalue weighted by molar-refractivity contribution is 6.00. The van der Waals surface area contributed by atoms with Crippen LogP contribution < -0.4 is 5.73 Å². The lowest BCUT2D eigenvalue weighted by Crippen LogP contribution is -2.04. The fraction of sp³-hybridized carbons (Fsp3) is 0.333. The summed E-state index contributed by atoms with van der Waals surface area (Å²) < 4.78 is 2.24. The van der Waals surface area contributed by atoms with Crippen molar-refractivity contribution >= 4 is 16.9 Å². The van der Waals surface area contributed by atoms with E-state index in [-0.39, 0.29) is 13.2 Å². The molecule has 3 aromatic rings. The monoisotopic (exact) mass is 310 g/mol. The molecule has 0 aliphatic heterocycles. The first-order valence-electron chi connectivity index (χ1n) is 7.64. The van der Waals surface area contributed by atoms with Gasteiger partial charge in [-0.1, -0.05) is 32.4 Å². The summed E-state index contributed by atoms with van der Waals surface area (Å²) in [4.78, 5) is 8.61. The lowest BCUT2D eigenvalue weighted by Gasteiger charge is -2.12. The highest BCUT2D eigenvalue weighted by Gasteiger charge is 2.22. The van der Waals surface area contributed by atoms with E-state index < -0.39 is 0 Å². The molecule has 0 amide bonds. The molecule has 3 N–H and O–H groups in total. The van der Waals surface area contributed by atoms with Crippen molar-refractivity contribution in [3.05, 3.63) is 36.8 Å². The first-order valence-corrected chi connectivity index (χ1v) is 7.64. The zero-order valence-corrected chi connectivity index (χ0v) is 12.2. The smallest absolute Gasteiger partial charge is 0.146 e. The maximum Gasteiger partial charge on any atom is 0.146 e. The van der Waals surface area contributed by atoms with Gasteiger partial charge in [-0.3, -0.25) is 0 Å². The number of aromatic nitrogens is 3. The van der Waals surface area contributed by atoms with Crippen LogP contribution in [-0.4, -0.2) is 19.6 Å². The van der Waals surface area contributed by atoms with Crippen LogP contribution in [0.1, 0.15) is 39.2 Å². The van der Waals surface area contributed by atoms with Gasteiger partial charge >= 0.3 is 0 Å². The number of nitrogens with zero attached hydrogens (tertiary/aromatic N) is 3. The first-order chi connectivity index (χ1) is 10.7. The summed E-state index contributed by atoms with van der Waals surface area (Å²) in [5.74, 6) is 0.731. The van der Waals surface area contributed by atoms with Gasteiger partial charge in [0.2, 0.25) is 0 Å². The van der Waals surface area contributed by atoms with Crippen LogP contribution in [0.15, 0.2) is 36.8 Å². The molecule has 23 heavy (non-hydrogen) atoms. The summed E-state index contributed by atoms with van der Waals surface area (Å²) in [7, 11) is 0. The molecule has 4 rings (SSSR count). The highest BCUT2D eigenvalue weighted by Crippen LogP contribution is 2.39. The Hall–Kier alpha value is -2.56. The van der Waals surface area contributed by atoms with Gasteiger partial charge in [0.25, 0.3) is 0 Å². The number of phenolic OH excluding ortho intramolecular Hbond substituents is 1. The quantitative estimate of drug-likeness (QED) is 0.746. The second-order valence-corrected chi connectivity index (χ2v) is 5.90. The van der Waals surface area contributed by atoms with Gasteiger partial charge in [0, 0.05) is 17.8 Å². The Morgan fingerprint density at radius 2 is 1.96 bits per heavy atom. The zero-order chi connectivity index (χ0) is 15.1. The summed E-state index contributed by atoms with van der Waals surface area (Å²) in [6.07, 6.45) is 8.49. The van der Waals surface area contributed by atoms with Gasteiger partial charge in [0.1, 0.15) is 23.5 Å². The molecule has 0 bridgehead atoms. The molecule has 1 fully saturated rings. The molecule has 120 valence electrons. The summed E-state index contributed by atoms with van der Waals surface area (Å²) >= 11 is 0. The number of phenols is 1. The van der Waals surface area contributed by atoms with E-state index in [9.17, 15) is 5.11 Å². The minimum atomic E-state index is 0. The van der Waals surface area contributed by atoms with Gasteiger partial charge in [-0.05, 0) is 30.5 Å². The Morgan fingerprint density at radius 3 is 2.70 bits per heavy atom. The first kappa shape index (κ1) is 15.3. The van der Waals surface area contributed by atoms with Gasteiger partial charge in [0.05, 0.1) is 5.39 Å². The number of rotatable bonds is 2. The highest BCUT2D eigenvalue weighted by atomic mass is 16.3. The molecule has 1 saturated carbocycles. The maximum absolute atomic E-state index is 9.76. The number of aromatic hydroxyl groups is 1. The molecule has 0 atom stereocenters. The van der Waals surface area contributed by atoms with Crippen LogP contribution in [0, 0.1) is 0 Å². The van der Waals surface area contributed by atoms with Crippen molar-refractivity contribution < 1.29 is 5.11 Å². The SMILES string of the molecule is C.Nc1ncnc2c1c(-c1cccc(O)c1)cn2C1CCCC1. The molecule has 2 aromatic heterocycles. The molecule has 1 aromatic carbocycles. The third-order valence-electron chi connectivity index (χ3n) is 4.51. The van der Waals surface area contributed by atoms with Gasteiger partial charge in [-0.25, -0.2) is 9.97 Å². The minimum absolute atomic E-state index is 0. The summed E-state index contributed by atoms with van der Waals surface area (Å²) in [5.41, 5.74) is 8.92. The van der Waals surface area contributed by atoms with E-state index in [0.717, 1.165) is 22.2 Å². The standard InChI is InChI=1S/C17H18N4O.CH4/c18-16-15-14(11-4-3-7-13(22)8-11)9-21(12-5-1-2-6-12)17(15)20-10-19-16;/h3-4,7-10,12,22H,1-2,5-6H2,(H2,18,19,20);1H4. The van der Waals surface area contributed by atoms with Gasteiger partial charge in [-0.15, -0.1) is 0 Å². The lowest BCUT2D eigenvalue weighted by molar-refractivity contribution is 0.475. The Morgan fingerprint density at radius 1 is 1.17 bits per heavy atom. The van der Waals surface area contributed by atoms with Crippen LogP contribution in [0.4, 0.5) is 5.82 Å². The van der Waals surface area contributed by atoms with E-state index >= 15 is 0 Å². The summed E-state index contributed by atoms with van der Waals surface area (Å²) in [6.45, 7) is 0. The number of benzene rings is 1. The fourth-order valence-corrected chi connectivity index (χ4v) is 3.46. The van der Waals surface area contributed by atoms with Crippen LogP contribution in [0.3, 0.4) is 0 Å². The zero-order valence-electron chi connectivity index (χ0n) is 12.2. The van der Waals surface area contributed by atoms with Crippen molar-refractivity contribution in [3.63, 3.8) is 0 Å². The summed E-state index contributed by atoms with van der Waals surface area (Å²) in [6, 6.07) is 7.70. The van der Waals surface area contributed by atoms with Crippen LogP contribution in [-0.2, 0) is 0 Å². The number of hydrogen-bond donors (Lipinski definition) is 2. The minimum Gasteiger partial charge on any atom is -0.508 e. The van der Waals surface area contributed by atoms with E-state index in [2.05, 4.69) is 20.7 Å². The van der Waals surface area contributed by atoms with Crippen molar-refractivity contribution in [1.82, 2.24) is 14.5 Å². The summed E-state index contributed by atoms with van der Waals surface area (Å²) in [5, 5.41) is 10.6. The average molecular weight is 310 g/mol. The molecule has 0 unspecified atom stereocenters. The number of anilines is 1. The Balaban J connectivity index is 0.00000156. The number of fused-ring (bicyclic) bond motifs is 1. The molecule has 1 aliphatic carbocycles. The van der Waals surface area contributed by atoms with Crippen molar-refractivity contribution in [3.8, 4) is 16.9 Å². The largest absolute Gasteiger partial charge is 0.508 e. The van der Waals surface area contributed by atoms with Crippen molar-refractivity contribution in [2.24, 2.45) is 0 Å². The van der Waals surface area contributed by atoms with Gasteiger partial charge in [0.15, 0.2) is 0 Å². The fourth-order valence-electron chi connectivity index (χ4n) is 3.46. The van der Waals surface area contributed by atoms with E-state index in [0.29, 0.717) is 11.9 Å². The number of nitrogen functional groups attached to an aromatic ring is 1. The third-order valence-corrected chi connectivity index (χ3v) is 4.51.